The number of hydrogen-bond donors (Lipinski definition) is 1. The van der Waals surface area contributed by atoms with E-state index >= 15 is 0 Å². The highest BCUT2D eigenvalue weighted by Crippen LogP contribution is 2.22. The van der Waals surface area contributed by atoms with Crippen molar-refractivity contribution in [2.75, 3.05) is 11.1 Å². The number of anilines is 1. The molecule has 0 unspecified atom stereocenters. The molecule has 0 aliphatic heterocycles. The molecule has 0 saturated heterocycles. The van der Waals surface area contributed by atoms with Gasteiger partial charge in [-0.25, -0.2) is 0 Å². The Balaban J connectivity index is 1.58. The van der Waals surface area contributed by atoms with Crippen LogP contribution in [0, 0.1) is 6.92 Å². The number of hydrogen-bond acceptors (Lipinski definition) is 6. The van der Waals surface area contributed by atoms with E-state index in [0.717, 1.165) is 12.1 Å². The predicted octanol–water partition coefficient (Wildman–Crippen LogP) is 2.99. The fraction of sp³-hybridized carbons (Fsp3) is 0.250. The van der Waals surface area contributed by atoms with Crippen molar-refractivity contribution in [1.82, 2.24) is 19.9 Å². The van der Waals surface area contributed by atoms with Crippen LogP contribution in [0.4, 0.5) is 5.88 Å². The van der Waals surface area contributed by atoms with E-state index in [1.165, 1.54) is 17.3 Å². The Morgan fingerprint density at radius 3 is 2.88 bits per heavy atom. The molecule has 0 atom stereocenters. The average molecular weight is 343 g/mol. The van der Waals surface area contributed by atoms with Crippen LogP contribution in [-0.2, 0) is 11.3 Å². The van der Waals surface area contributed by atoms with Gasteiger partial charge in [0.25, 0.3) is 0 Å². The molecule has 0 bridgehead atoms. The molecule has 8 heteroatoms. The first-order valence-electron chi connectivity index (χ1n) is 7.50. The van der Waals surface area contributed by atoms with Gasteiger partial charge < -0.3 is 9.09 Å². The zero-order valence-electron chi connectivity index (χ0n) is 13.4. The fourth-order valence-corrected chi connectivity index (χ4v) is 2.85. The van der Waals surface area contributed by atoms with Crippen molar-refractivity contribution in [1.29, 1.82) is 0 Å². The van der Waals surface area contributed by atoms with Crippen molar-refractivity contribution in [2.45, 2.75) is 25.5 Å². The van der Waals surface area contributed by atoms with Gasteiger partial charge in [-0.15, -0.1) is 10.2 Å². The monoisotopic (exact) mass is 343 g/mol. The number of amides is 1. The first-order valence-corrected chi connectivity index (χ1v) is 8.48. The molecule has 0 aliphatic rings. The molecule has 24 heavy (non-hydrogen) atoms. The van der Waals surface area contributed by atoms with E-state index in [9.17, 15) is 4.79 Å². The lowest BCUT2D eigenvalue weighted by Gasteiger charge is -2.02. The Morgan fingerprint density at radius 1 is 1.33 bits per heavy atom. The third kappa shape index (κ3) is 3.83. The second-order valence-corrected chi connectivity index (χ2v) is 6.12. The molecule has 2 aromatic heterocycles. The number of aryl methyl sites for hydroxylation is 2. The number of nitrogens with one attached hydrogen (secondary N) is 1. The number of carbonyl (C=O) groups is 1. The molecule has 0 saturated carbocycles. The minimum atomic E-state index is -0.183. The summed E-state index contributed by atoms with van der Waals surface area (Å²) in [6, 6.07) is 9.64. The highest BCUT2D eigenvalue weighted by Gasteiger charge is 2.12. The van der Waals surface area contributed by atoms with E-state index in [1.54, 1.807) is 12.4 Å². The number of rotatable bonds is 6. The van der Waals surface area contributed by atoms with Gasteiger partial charge in [-0.05, 0) is 13.8 Å². The van der Waals surface area contributed by atoms with Crippen LogP contribution in [0.3, 0.4) is 0 Å². The summed E-state index contributed by atoms with van der Waals surface area (Å²) < 4.78 is 7.05. The summed E-state index contributed by atoms with van der Waals surface area (Å²) >= 11 is 1.33. The summed E-state index contributed by atoms with van der Waals surface area (Å²) in [5, 5.41) is 15.2. The van der Waals surface area contributed by atoms with E-state index < -0.39 is 0 Å². The van der Waals surface area contributed by atoms with Crippen molar-refractivity contribution in [3.63, 3.8) is 0 Å². The SMILES string of the molecule is CCn1cnnc1SCC(=O)Nc1cc(-c2ccc(C)cc2)no1. The first-order chi connectivity index (χ1) is 11.7. The van der Waals surface area contributed by atoms with Crippen LogP contribution in [0.15, 0.2) is 46.3 Å². The molecule has 0 aliphatic carbocycles. The zero-order chi connectivity index (χ0) is 16.9. The second-order valence-electron chi connectivity index (χ2n) is 5.18. The topological polar surface area (TPSA) is 85.8 Å². The summed E-state index contributed by atoms with van der Waals surface area (Å²) in [4.78, 5) is 12.0. The molecule has 1 amide bonds. The van der Waals surface area contributed by atoms with Gasteiger partial charge >= 0.3 is 0 Å². The van der Waals surface area contributed by atoms with Crippen LogP contribution in [0.2, 0.25) is 0 Å². The minimum absolute atomic E-state index is 0.183. The van der Waals surface area contributed by atoms with E-state index in [1.807, 2.05) is 42.7 Å². The molecular formula is C16H17N5O2S. The van der Waals surface area contributed by atoms with Gasteiger partial charge in [-0.2, -0.15) is 0 Å². The average Bonchev–Trinajstić information content (AvgIpc) is 3.22. The van der Waals surface area contributed by atoms with Crippen LogP contribution >= 0.6 is 11.8 Å². The maximum Gasteiger partial charge on any atom is 0.237 e. The van der Waals surface area contributed by atoms with Crippen molar-refractivity contribution < 1.29 is 9.32 Å². The van der Waals surface area contributed by atoms with Crippen molar-refractivity contribution in [2.24, 2.45) is 0 Å². The number of aromatic nitrogens is 4. The number of carbonyl (C=O) groups excluding carboxylic acids is 1. The van der Waals surface area contributed by atoms with Gasteiger partial charge in [0, 0.05) is 18.2 Å². The molecule has 0 spiro atoms. The third-order valence-electron chi connectivity index (χ3n) is 3.37. The lowest BCUT2D eigenvalue weighted by molar-refractivity contribution is -0.113. The lowest BCUT2D eigenvalue weighted by atomic mass is 10.1. The van der Waals surface area contributed by atoms with Crippen LogP contribution in [0.25, 0.3) is 11.3 Å². The smallest absolute Gasteiger partial charge is 0.237 e. The summed E-state index contributed by atoms with van der Waals surface area (Å²) in [7, 11) is 0. The van der Waals surface area contributed by atoms with Gasteiger partial charge in [0.2, 0.25) is 11.8 Å². The van der Waals surface area contributed by atoms with E-state index in [0.29, 0.717) is 16.7 Å². The number of thioether (sulfide) groups is 1. The molecule has 1 N–H and O–H groups in total. The molecule has 0 radical (unpaired) electrons. The quantitative estimate of drug-likeness (QED) is 0.693. The molecule has 124 valence electrons. The van der Waals surface area contributed by atoms with Crippen LogP contribution < -0.4 is 5.32 Å². The van der Waals surface area contributed by atoms with Crippen LogP contribution in [0.5, 0.6) is 0 Å². The largest absolute Gasteiger partial charge is 0.338 e. The summed E-state index contributed by atoms with van der Waals surface area (Å²) in [5.41, 5.74) is 2.80. The van der Waals surface area contributed by atoms with Crippen molar-refractivity contribution in [3.8, 4) is 11.3 Å². The van der Waals surface area contributed by atoms with Gasteiger partial charge in [0.05, 0.1) is 5.75 Å². The lowest BCUT2D eigenvalue weighted by Crippen LogP contribution is -2.14. The number of nitrogens with zero attached hydrogens (tertiary/aromatic N) is 4. The minimum Gasteiger partial charge on any atom is -0.338 e. The van der Waals surface area contributed by atoms with Crippen molar-refractivity contribution >= 4 is 23.6 Å². The Bertz CT molecular complexity index is 825. The summed E-state index contributed by atoms with van der Waals surface area (Å²) in [5.74, 6) is 0.365. The Kier molecular flexibility index (Phi) is 4.95. The molecule has 1 aromatic carbocycles. The maximum absolute atomic E-state index is 12.0. The Hall–Kier alpha value is -2.61. The molecule has 3 rings (SSSR count). The van der Waals surface area contributed by atoms with E-state index in [-0.39, 0.29) is 11.7 Å². The van der Waals surface area contributed by atoms with E-state index in [4.69, 9.17) is 4.52 Å². The highest BCUT2D eigenvalue weighted by molar-refractivity contribution is 7.99. The fourth-order valence-electron chi connectivity index (χ4n) is 2.07. The predicted molar refractivity (Wildman–Crippen MR) is 91.7 cm³/mol. The number of benzene rings is 1. The second kappa shape index (κ2) is 7.31. The van der Waals surface area contributed by atoms with Gasteiger partial charge in [-0.1, -0.05) is 46.7 Å². The first kappa shape index (κ1) is 16.3. The van der Waals surface area contributed by atoms with Crippen LogP contribution in [-0.4, -0.2) is 31.6 Å². The van der Waals surface area contributed by atoms with E-state index in [2.05, 4.69) is 20.7 Å². The molecule has 0 fully saturated rings. The molecule has 7 nitrogen and oxygen atoms in total. The summed E-state index contributed by atoms with van der Waals surface area (Å²) in [6.45, 7) is 4.78. The van der Waals surface area contributed by atoms with Crippen molar-refractivity contribution in [3.05, 3.63) is 42.2 Å². The van der Waals surface area contributed by atoms with Gasteiger partial charge in [0.15, 0.2) is 5.16 Å². The molecular weight excluding hydrogens is 326 g/mol. The highest BCUT2D eigenvalue weighted by atomic mass is 32.2. The molecule has 3 aromatic rings. The summed E-state index contributed by atoms with van der Waals surface area (Å²) in [6.07, 6.45) is 1.64. The van der Waals surface area contributed by atoms with Gasteiger partial charge in [-0.3, -0.25) is 10.1 Å². The Morgan fingerprint density at radius 2 is 2.12 bits per heavy atom. The Labute approximate surface area is 143 Å². The normalized spacial score (nSPS) is 10.8. The van der Waals surface area contributed by atoms with Crippen LogP contribution in [0.1, 0.15) is 12.5 Å². The third-order valence-corrected chi connectivity index (χ3v) is 4.35. The van der Waals surface area contributed by atoms with Gasteiger partial charge in [0.1, 0.15) is 12.0 Å². The maximum atomic E-state index is 12.0. The standard InChI is InChI=1S/C16H17N5O2S/c1-3-21-10-17-19-16(21)24-9-14(22)18-15-8-13(20-23-15)12-6-4-11(2)5-7-12/h4-8,10H,3,9H2,1-2H3,(H,18,22). The molecule has 2 heterocycles. The zero-order valence-corrected chi connectivity index (χ0v) is 14.2.